The standard InChI is InChI=1S/C22H33FN2O3/c1-22(2,3)28-21(26)25-12-8-17(9-13-25)19-6-4-5-7-20(19)27-15-14-24-11-10-18(23)16-24/h4-7,17-18H,8-16H2,1-3H3/t18-/m1/s1. The molecule has 28 heavy (non-hydrogen) atoms. The molecule has 2 aliphatic heterocycles. The van der Waals surface area contributed by atoms with Crippen molar-refractivity contribution >= 4 is 6.09 Å². The lowest BCUT2D eigenvalue weighted by Crippen LogP contribution is -2.41. The third-order valence-electron chi connectivity index (χ3n) is 5.39. The Kier molecular flexibility index (Phi) is 6.81. The molecule has 0 spiro atoms. The number of rotatable bonds is 5. The van der Waals surface area contributed by atoms with E-state index in [1.807, 2.05) is 39.0 Å². The van der Waals surface area contributed by atoms with Crippen LogP contribution in [0.4, 0.5) is 9.18 Å². The minimum atomic E-state index is -0.692. The molecule has 0 radical (unpaired) electrons. The summed E-state index contributed by atoms with van der Waals surface area (Å²) in [6, 6.07) is 8.16. The zero-order valence-corrected chi connectivity index (χ0v) is 17.3. The van der Waals surface area contributed by atoms with E-state index in [1.165, 1.54) is 5.56 Å². The number of benzene rings is 1. The summed E-state index contributed by atoms with van der Waals surface area (Å²) in [4.78, 5) is 16.2. The van der Waals surface area contributed by atoms with Crippen molar-refractivity contribution in [1.29, 1.82) is 0 Å². The van der Waals surface area contributed by atoms with Crippen molar-refractivity contribution in [2.45, 2.75) is 57.7 Å². The summed E-state index contributed by atoms with van der Waals surface area (Å²) < 4.78 is 24.8. The maximum atomic E-state index is 13.3. The highest BCUT2D eigenvalue weighted by Gasteiger charge is 2.28. The number of halogens is 1. The number of amides is 1. The van der Waals surface area contributed by atoms with Gasteiger partial charge in [-0.05, 0) is 57.6 Å². The Bertz CT molecular complexity index is 653. The van der Waals surface area contributed by atoms with E-state index in [-0.39, 0.29) is 6.09 Å². The number of hydrogen-bond donors (Lipinski definition) is 0. The fourth-order valence-electron chi connectivity index (χ4n) is 3.92. The monoisotopic (exact) mass is 392 g/mol. The highest BCUT2D eigenvalue weighted by atomic mass is 19.1. The van der Waals surface area contributed by atoms with E-state index in [2.05, 4.69) is 11.0 Å². The maximum Gasteiger partial charge on any atom is 0.410 e. The molecule has 2 fully saturated rings. The van der Waals surface area contributed by atoms with Crippen LogP contribution in [0.15, 0.2) is 24.3 Å². The molecule has 0 N–H and O–H groups in total. The van der Waals surface area contributed by atoms with Crippen LogP contribution >= 0.6 is 0 Å². The first-order valence-electron chi connectivity index (χ1n) is 10.4. The molecule has 2 aliphatic rings. The second-order valence-electron chi connectivity index (χ2n) is 8.81. The predicted octanol–water partition coefficient (Wildman–Crippen LogP) is 4.22. The molecule has 1 aromatic carbocycles. The maximum absolute atomic E-state index is 13.3. The topological polar surface area (TPSA) is 42.0 Å². The van der Waals surface area contributed by atoms with Gasteiger partial charge < -0.3 is 14.4 Å². The lowest BCUT2D eigenvalue weighted by atomic mass is 9.89. The molecule has 2 saturated heterocycles. The number of carbonyl (C=O) groups excluding carboxylic acids is 1. The van der Waals surface area contributed by atoms with E-state index >= 15 is 0 Å². The average molecular weight is 393 g/mol. The van der Waals surface area contributed by atoms with E-state index in [0.717, 1.165) is 31.7 Å². The molecule has 5 nitrogen and oxygen atoms in total. The zero-order valence-electron chi connectivity index (χ0n) is 17.3. The number of hydrogen-bond acceptors (Lipinski definition) is 4. The minimum Gasteiger partial charge on any atom is -0.492 e. The van der Waals surface area contributed by atoms with Crippen LogP contribution in [-0.4, -0.2) is 67.0 Å². The lowest BCUT2D eigenvalue weighted by molar-refractivity contribution is 0.0204. The first-order chi connectivity index (χ1) is 13.3. The summed E-state index contributed by atoms with van der Waals surface area (Å²) in [7, 11) is 0. The van der Waals surface area contributed by atoms with Crippen LogP contribution in [0, 0.1) is 0 Å². The van der Waals surface area contributed by atoms with Gasteiger partial charge in [0.2, 0.25) is 0 Å². The van der Waals surface area contributed by atoms with Crippen LogP contribution in [-0.2, 0) is 4.74 Å². The smallest absolute Gasteiger partial charge is 0.410 e. The molecule has 1 atom stereocenters. The van der Waals surface area contributed by atoms with Crippen molar-refractivity contribution in [2.24, 2.45) is 0 Å². The molecule has 0 saturated carbocycles. The lowest BCUT2D eigenvalue weighted by Gasteiger charge is -2.34. The van der Waals surface area contributed by atoms with Crippen molar-refractivity contribution in [3.8, 4) is 5.75 Å². The summed E-state index contributed by atoms with van der Waals surface area (Å²) in [5, 5.41) is 0. The van der Waals surface area contributed by atoms with E-state index in [1.54, 1.807) is 4.90 Å². The summed E-state index contributed by atoms with van der Waals surface area (Å²) in [6.07, 6.45) is 1.51. The first kappa shape index (κ1) is 20.9. The normalized spacial score (nSPS) is 21.7. The van der Waals surface area contributed by atoms with Crippen molar-refractivity contribution < 1.29 is 18.7 Å². The summed E-state index contributed by atoms with van der Waals surface area (Å²) in [6.45, 7) is 9.72. The third-order valence-corrected chi connectivity index (χ3v) is 5.39. The summed E-state index contributed by atoms with van der Waals surface area (Å²) >= 11 is 0. The molecule has 0 unspecified atom stereocenters. The van der Waals surface area contributed by atoms with Gasteiger partial charge in [-0.2, -0.15) is 0 Å². The fourth-order valence-corrected chi connectivity index (χ4v) is 3.92. The Balaban J connectivity index is 1.51. The van der Waals surface area contributed by atoms with Gasteiger partial charge in [-0.25, -0.2) is 9.18 Å². The molecular weight excluding hydrogens is 359 g/mol. The molecule has 156 valence electrons. The van der Waals surface area contributed by atoms with Crippen molar-refractivity contribution in [3.05, 3.63) is 29.8 Å². The van der Waals surface area contributed by atoms with Crippen LogP contribution in [0.25, 0.3) is 0 Å². The van der Waals surface area contributed by atoms with Crippen LogP contribution in [0.2, 0.25) is 0 Å². The van der Waals surface area contributed by atoms with Gasteiger partial charge in [-0.3, -0.25) is 4.90 Å². The van der Waals surface area contributed by atoms with Gasteiger partial charge in [0.1, 0.15) is 24.1 Å². The number of para-hydroxylation sites is 1. The predicted molar refractivity (Wildman–Crippen MR) is 108 cm³/mol. The SMILES string of the molecule is CC(C)(C)OC(=O)N1CCC(c2ccccc2OCCN2CC[C@@H](F)C2)CC1. The fraction of sp³-hybridized carbons (Fsp3) is 0.682. The number of ether oxygens (including phenoxy) is 2. The largest absolute Gasteiger partial charge is 0.492 e. The molecular formula is C22H33FN2O3. The van der Waals surface area contributed by atoms with Gasteiger partial charge in [0.05, 0.1) is 0 Å². The van der Waals surface area contributed by atoms with Crippen molar-refractivity contribution in [3.63, 3.8) is 0 Å². The van der Waals surface area contributed by atoms with Crippen LogP contribution in [0.1, 0.15) is 51.5 Å². The molecule has 6 heteroatoms. The average Bonchev–Trinajstić information content (AvgIpc) is 3.06. The Morgan fingerprint density at radius 3 is 2.50 bits per heavy atom. The Hall–Kier alpha value is -1.82. The summed E-state index contributed by atoms with van der Waals surface area (Å²) in [5.41, 5.74) is 0.738. The van der Waals surface area contributed by atoms with Gasteiger partial charge in [-0.1, -0.05) is 18.2 Å². The number of carbonyl (C=O) groups is 1. The zero-order chi connectivity index (χ0) is 20.1. The summed E-state index contributed by atoms with van der Waals surface area (Å²) in [5.74, 6) is 1.28. The molecule has 0 aromatic heterocycles. The molecule has 1 amide bonds. The second-order valence-corrected chi connectivity index (χ2v) is 8.81. The van der Waals surface area contributed by atoms with Crippen molar-refractivity contribution in [2.75, 3.05) is 39.3 Å². The first-order valence-corrected chi connectivity index (χ1v) is 10.4. The molecule has 0 bridgehead atoms. The van der Waals surface area contributed by atoms with Gasteiger partial charge in [0.25, 0.3) is 0 Å². The van der Waals surface area contributed by atoms with Gasteiger partial charge in [-0.15, -0.1) is 0 Å². The number of nitrogens with zero attached hydrogens (tertiary/aromatic N) is 2. The Morgan fingerprint density at radius 1 is 1.14 bits per heavy atom. The highest BCUT2D eigenvalue weighted by molar-refractivity contribution is 5.68. The van der Waals surface area contributed by atoms with E-state index in [4.69, 9.17) is 9.47 Å². The molecule has 3 rings (SSSR count). The Labute approximate surface area is 167 Å². The highest BCUT2D eigenvalue weighted by Crippen LogP contribution is 2.34. The second kappa shape index (κ2) is 9.12. The van der Waals surface area contributed by atoms with E-state index in [9.17, 15) is 9.18 Å². The number of piperidine rings is 1. The molecule has 0 aliphatic carbocycles. The van der Waals surface area contributed by atoms with E-state index < -0.39 is 11.8 Å². The van der Waals surface area contributed by atoms with Gasteiger partial charge >= 0.3 is 6.09 Å². The van der Waals surface area contributed by atoms with Crippen molar-refractivity contribution in [1.82, 2.24) is 9.80 Å². The third kappa shape index (κ3) is 5.84. The van der Waals surface area contributed by atoms with Gasteiger partial charge in [0.15, 0.2) is 0 Å². The number of likely N-dealkylation sites (tertiary alicyclic amines) is 2. The van der Waals surface area contributed by atoms with Crippen LogP contribution in [0.3, 0.4) is 0 Å². The van der Waals surface area contributed by atoms with E-state index in [0.29, 0.717) is 38.6 Å². The Morgan fingerprint density at radius 2 is 1.86 bits per heavy atom. The van der Waals surface area contributed by atoms with Crippen LogP contribution < -0.4 is 4.74 Å². The van der Waals surface area contributed by atoms with Gasteiger partial charge in [0, 0.05) is 32.7 Å². The minimum absolute atomic E-state index is 0.229. The van der Waals surface area contributed by atoms with Crippen LogP contribution in [0.5, 0.6) is 5.75 Å². The number of alkyl halides is 1. The molecule has 2 heterocycles. The quantitative estimate of drug-likeness (QED) is 0.752. The molecule has 1 aromatic rings.